The molecule has 9 aromatic rings. The molecular formula is C92H102N4O2S6. The van der Waals surface area contributed by atoms with Gasteiger partial charge in [0.05, 0.1) is 25.3 Å². The first-order valence-corrected chi connectivity index (χ1v) is 44.1. The van der Waals surface area contributed by atoms with Crippen LogP contribution in [0.4, 0.5) is 0 Å². The van der Waals surface area contributed by atoms with Crippen molar-refractivity contribution < 1.29 is 9.59 Å². The van der Waals surface area contributed by atoms with Crippen LogP contribution in [0, 0.1) is 47.6 Å². The van der Waals surface area contributed by atoms with Gasteiger partial charge < -0.3 is 0 Å². The molecule has 0 radical (unpaired) electrons. The third-order valence-electron chi connectivity index (χ3n) is 21.4. The van der Waals surface area contributed by atoms with Crippen molar-refractivity contribution in [3.8, 4) is 52.5 Å². The molecule has 11 rings (SSSR count). The first-order valence-electron chi connectivity index (χ1n) is 39.2. The van der Waals surface area contributed by atoms with Gasteiger partial charge in [-0.05, 0) is 133 Å². The minimum atomic E-state index is -0.153. The molecule has 2 unspecified atom stereocenters. The van der Waals surface area contributed by atoms with Gasteiger partial charge in [0.25, 0.3) is 11.4 Å². The second kappa shape index (κ2) is 38.8. The van der Waals surface area contributed by atoms with E-state index in [4.69, 9.17) is 13.1 Å². The van der Waals surface area contributed by atoms with Gasteiger partial charge in [-0.2, -0.15) is 0 Å². The normalized spacial score (nSPS) is 15.1. The minimum absolute atomic E-state index is 0.0662. The zero-order valence-electron chi connectivity index (χ0n) is 62.2. The number of ketones is 2. The highest BCUT2D eigenvalue weighted by Gasteiger charge is 2.35. The van der Waals surface area contributed by atoms with E-state index in [2.05, 4.69) is 112 Å². The van der Waals surface area contributed by atoms with Crippen LogP contribution in [-0.2, 0) is 25.7 Å². The highest BCUT2D eigenvalue weighted by Crippen LogP contribution is 2.57. The van der Waals surface area contributed by atoms with Crippen LogP contribution in [0.25, 0.3) is 93.6 Å². The van der Waals surface area contributed by atoms with Gasteiger partial charge in [0, 0.05) is 113 Å². The summed E-state index contributed by atoms with van der Waals surface area (Å²) in [6, 6.07) is 38.5. The minimum Gasteiger partial charge on any atom is -0.289 e. The van der Waals surface area contributed by atoms with Crippen LogP contribution in [0.5, 0.6) is 0 Å². The summed E-state index contributed by atoms with van der Waals surface area (Å²) in [6.07, 6.45) is 42.4. The van der Waals surface area contributed by atoms with Gasteiger partial charge in [0.15, 0.2) is 11.6 Å². The number of fused-ring (bicyclic) bond motifs is 4. The summed E-state index contributed by atoms with van der Waals surface area (Å²) in [5.41, 5.74) is 8.98. The van der Waals surface area contributed by atoms with Crippen molar-refractivity contribution >= 4 is 123 Å². The van der Waals surface area contributed by atoms with E-state index in [0.717, 1.165) is 74.0 Å². The Hall–Kier alpha value is -7.36. The summed E-state index contributed by atoms with van der Waals surface area (Å²) in [5, 5.41) is 23.3. The standard InChI is InChI=1S/C92H102N4O2S6/c1-9-15-19-21-23-25-27-29-31-33-41-63-53-67(55-73-83(77(59-93)95-7)69-43-35-37-45-71(69)87(73)97)101-89(63)81-57-75-85(79-49-47-65(99-79)51-61(13-5)39-17-11-3)92-76(86(91(75)103-81)80-50-48-66(100-80)52-62(14-6)40-18-12-4)58-82(104-92)90-64(42-34-32-30-28-26-24-22-20-16-10-2)54-68(102-90)56-74-84(78(60-94)96-8)70-44-36-38-46-72(70)88(74)98/h35-38,43-50,53-58,61-62H,9-34,39-42,51-52H2,1-6H3/b73-55-,74-56-,83-77+,84-78?. The fraction of sp³-hybridized carbons (Fsp3) is 0.435. The topological polar surface area (TPSA) is 90.4 Å². The third kappa shape index (κ3) is 18.4. The highest BCUT2D eigenvalue weighted by atomic mass is 32.1. The van der Waals surface area contributed by atoms with E-state index in [9.17, 15) is 20.1 Å². The number of rotatable bonds is 40. The molecule has 3 aromatic carbocycles. The van der Waals surface area contributed by atoms with Crippen molar-refractivity contribution in [3.63, 3.8) is 0 Å². The van der Waals surface area contributed by atoms with Gasteiger partial charge in [-0.1, -0.05) is 257 Å². The molecule has 0 N–H and O–H groups in total. The molecule has 6 aromatic heterocycles. The van der Waals surface area contributed by atoms with Crippen molar-refractivity contribution in [3.05, 3.63) is 195 Å². The molecule has 0 saturated carbocycles. The molecule has 0 spiro atoms. The molecule has 538 valence electrons. The molecule has 104 heavy (non-hydrogen) atoms. The SMILES string of the molecule is [C-]#[N+]C(C#N)=C1/C(=C/c2cc(CCCCCCCCCCCC)c(-c3cc4c(-c5ccc(CC(CC)CCCC)s5)c5sc(-c6sc(/C=C7\C(=O)c8ccccc8\C7=C(\C#N)[N+]#[C-])cc6CCCCCCCCCCCC)cc5c(-c5ccc(CC(CC)CCCC)s5)c4s3)s2)C(=O)c2ccccc21. The van der Waals surface area contributed by atoms with Gasteiger partial charge in [0.2, 0.25) is 0 Å². The number of aryl methyl sites for hydroxylation is 2. The molecule has 0 bridgehead atoms. The molecule has 2 aliphatic carbocycles. The second-order valence-corrected chi connectivity index (χ2v) is 35.5. The lowest BCUT2D eigenvalue weighted by Crippen LogP contribution is -2.01. The fourth-order valence-electron chi connectivity index (χ4n) is 15.6. The average molecular weight is 1490 g/mol. The van der Waals surface area contributed by atoms with E-state index in [1.54, 1.807) is 22.7 Å². The Morgan fingerprint density at radius 3 is 1.12 bits per heavy atom. The number of nitriles is 2. The number of allylic oxidation sites excluding steroid dienone is 6. The Kier molecular flexibility index (Phi) is 29.0. The number of hydrogen-bond acceptors (Lipinski definition) is 10. The van der Waals surface area contributed by atoms with Crippen LogP contribution >= 0.6 is 68.0 Å². The van der Waals surface area contributed by atoms with Gasteiger partial charge in [-0.3, -0.25) is 9.59 Å². The number of hydrogen-bond donors (Lipinski definition) is 0. The number of carbonyl (C=O) groups is 2. The summed E-state index contributed by atoms with van der Waals surface area (Å²) in [6.45, 7) is 30.1. The quantitative estimate of drug-likeness (QED) is 0.0166. The lowest BCUT2D eigenvalue weighted by atomic mass is 9.95. The highest BCUT2D eigenvalue weighted by molar-refractivity contribution is 7.29. The predicted octanol–water partition coefficient (Wildman–Crippen LogP) is 30.3. The molecule has 2 aliphatic rings. The smallest absolute Gasteiger partial charge is 0.270 e. The van der Waals surface area contributed by atoms with Gasteiger partial charge in [0.1, 0.15) is 0 Å². The zero-order chi connectivity index (χ0) is 72.9. The predicted molar refractivity (Wildman–Crippen MR) is 451 cm³/mol. The van der Waals surface area contributed by atoms with Crippen molar-refractivity contribution in [1.29, 1.82) is 10.5 Å². The number of benzene rings is 3. The summed E-state index contributed by atoms with van der Waals surface area (Å²) in [4.78, 5) is 48.7. The first-order chi connectivity index (χ1) is 51.0. The largest absolute Gasteiger partial charge is 0.289 e. The number of unbranched alkanes of at least 4 members (excludes halogenated alkanes) is 20. The Balaban J connectivity index is 1.11. The summed E-state index contributed by atoms with van der Waals surface area (Å²) < 4.78 is 2.55. The molecular weight excluding hydrogens is 1390 g/mol. The Morgan fingerprint density at radius 2 is 0.779 bits per heavy atom. The molecule has 0 aliphatic heterocycles. The van der Waals surface area contributed by atoms with Crippen molar-refractivity contribution in [2.45, 2.75) is 247 Å². The van der Waals surface area contributed by atoms with E-state index in [-0.39, 0.29) is 23.0 Å². The number of thiophene rings is 6. The summed E-state index contributed by atoms with van der Waals surface area (Å²) in [5.74, 6) is 0.920. The lowest BCUT2D eigenvalue weighted by molar-refractivity contribution is 0.103. The molecule has 12 heteroatoms. The number of nitrogens with zero attached hydrogens (tertiary/aromatic N) is 4. The van der Waals surface area contributed by atoms with Gasteiger partial charge in [-0.25, -0.2) is 20.2 Å². The monoisotopic (exact) mass is 1490 g/mol. The third-order valence-corrected chi connectivity index (χ3v) is 28.6. The Labute approximate surface area is 644 Å². The number of carbonyl (C=O) groups excluding carboxylic acids is 2. The molecule has 6 heterocycles. The Bertz CT molecular complexity index is 4410. The van der Waals surface area contributed by atoms with Crippen LogP contribution in [-0.4, -0.2) is 11.6 Å². The van der Waals surface area contributed by atoms with E-state index in [0.29, 0.717) is 56.4 Å². The van der Waals surface area contributed by atoms with E-state index in [1.165, 1.54) is 223 Å². The van der Waals surface area contributed by atoms with E-state index in [1.807, 2.05) is 106 Å². The molecule has 0 amide bonds. The molecule has 0 saturated heterocycles. The van der Waals surface area contributed by atoms with E-state index >= 15 is 0 Å². The molecule has 0 fully saturated rings. The first kappa shape index (κ1) is 77.7. The maximum Gasteiger partial charge on any atom is 0.270 e. The van der Waals surface area contributed by atoms with E-state index < -0.39 is 0 Å². The second-order valence-electron chi connectivity index (χ2n) is 28.9. The van der Waals surface area contributed by atoms with Gasteiger partial charge >= 0.3 is 0 Å². The van der Waals surface area contributed by atoms with Crippen molar-refractivity contribution in [2.24, 2.45) is 11.8 Å². The van der Waals surface area contributed by atoms with Crippen LogP contribution in [0.2, 0.25) is 0 Å². The molecule has 6 nitrogen and oxygen atoms in total. The van der Waals surface area contributed by atoms with Gasteiger partial charge in [-0.15, -0.1) is 68.0 Å². The summed E-state index contributed by atoms with van der Waals surface area (Å²) >= 11 is 11.2. The molecule has 2 atom stereocenters. The lowest BCUT2D eigenvalue weighted by Gasteiger charge is -2.13. The summed E-state index contributed by atoms with van der Waals surface area (Å²) in [7, 11) is 0. The fourth-order valence-corrected chi connectivity index (χ4v) is 23.1. The zero-order valence-corrected chi connectivity index (χ0v) is 67.1. The van der Waals surface area contributed by atoms with Crippen LogP contribution in [0.3, 0.4) is 0 Å². The van der Waals surface area contributed by atoms with Crippen molar-refractivity contribution in [1.82, 2.24) is 0 Å². The maximum atomic E-state index is 14.6. The average Bonchev–Trinajstić information content (AvgIpc) is 1.55. The maximum absolute atomic E-state index is 14.6. The van der Waals surface area contributed by atoms with Crippen LogP contribution < -0.4 is 0 Å². The van der Waals surface area contributed by atoms with Crippen LogP contribution in [0.1, 0.15) is 284 Å². The van der Waals surface area contributed by atoms with Crippen LogP contribution in [0.15, 0.2) is 120 Å². The Morgan fingerprint density at radius 1 is 0.423 bits per heavy atom. The van der Waals surface area contributed by atoms with Crippen molar-refractivity contribution in [2.75, 3.05) is 0 Å². The number of Topliss-reactive ketones (excluding diaryl/α,β-unsaturated/α-hetero) is 2.